The van der Waals surface area contributed by atoms with Crippen LogP contribution in [-0.4, -0.2) is 91.5 Å². The normalized spacial score (nSPS) is 17.3. The van der Waals surface area contributed by atoms with E-state index in [1.807, 2.05) is 24.3 Å². The van der Waals surface area contributed by atoms with Crippen LogP contribution in [0, 0.1) is 0 Å². The Labute approximate surface area is 222 Å². The summed E-state index contributed by atoms with van der Waals surface area (Å²) in [5.74, 6) is -6.56. The SMILES string of the molecule is NC(Cc1c[nH]c2ccccc12)C(=O)NC(CCC(=O)O)C(=O)NC(CC(=O)O)C(=O)N1CCCC1C(=O)O. The van der Waals surface area contributed by atoms with E-state index in [0.29, 0.717) is 6.42 Å². The van der Waals surface area contributed by atoms with E-state index in [4.69, 9.17) is 10.8 Å². The molecule has 2 heterocycles. The highest BCUT2D eigenvalue weighted by atomic mass is 16.4. The van der Waals surface area contributed by atoms with Gasteiger partial charge in [-0.15, -0.1) is 0 Å². The minimum absolute atomic E-state index is 0.0731. The second-order valence-electron chi connectivity index (χ2n) is 9.35. The highest BCUT2D eigenvalue weighted by Crippen LogP contribution is 2.20. The number of aromatic amines is 1. The Morgan fingerprint density at radius 1 is 1.00 bits per heavy atom. The van der Waals surface area contributed by atoms with Crippen molar-refractivity contribution < 1.29 is 44.1 Å². The summed E-state index contributed by atoms with van der Waals surface area (Å²) >= 11 is 0. The highest BCUT2D eigenvalue weighted by Gasteiger charge is 2.39. The van der Waals surface area contributed by atoms with Crippen LogP contribution in [0.25, 0.3) is 10.9 Å². The summed E-state index contributed by atoms with van der Waals surface area (Å²) in [5.41, 5.74) is 7.68. The van der Waals surface area contributed by atoms with Gasteiger partial charge in [0.1, 0.15) is 18.1 Å². The molecular formula is C25H31N5O9. The fourth-order valence-corrected chi connectivity index (χ4v) is 4.58. The molecule has 3 rings (SSSR count). The molecule has 3 amide bonds. The van der Waals surface area contributed by atoms with Crippen molar-refractivity contribution in [2.24, 2.45) is 5.73 Å². The molecule has 1 aliphatic heterocycles. The number of carbonyl (C=O) groups excluding carboxylic acids is 3. The molecule has 0 bridgehead atoms. The number of fused-ring (bicyclic) bond motifs is 1. The van der Waals surface area contributed by atoms with Crippen molar-refractivity contribution in [3.8, 4) is 0 Å². The molecule has 4 atom stereocenters. The fourth-order valence-electron chi connectivity index (χ4n) is 4.58. The Kier molecular flexibility index (Phi) is 9.60. The van der Waals surface area contributed by atoms with Crippen molar-refractivity contribution in [3.63, 3.8) is 0 Å². The van der Waals surface area contributed by atoms with Crippen LogP contribution in [0.3, 0.4) is 0 Å². The van der Waals surface area contributed by atoms with Crippen molar-refractivity contribution in [1.29, 1.82) is 0 Å². The third kappa shape index (κ3) is 7.54. The molecule has 0 saturated carbocycles. The number of amides is 3. The van der Waals surface area contributed by atoms with Gasteiger partial charge in [-0.1, -0.05) is 18.2 Å². The maximum atomic E-state index is 13.1. The summed E-state index contributed by atoms with van der Waals surface area (Å²) in [6.07, 6.45) is 0.671. The number of carboxylic acids is 3. The molecule has 2 aromatic rings. The Hall–Kier alpha value is -4.46. The molecule has 210 valence electrons. The quantitative estimate of drug-likeness (QED) is 0.169. The smallest absolute Gasteiger partial charge is 0.326 e. The predicted octanol–water partition coefficient (Wildman–Crippen LogP) is -0.578. The highest BCUT2D eigenvalue weighted by molar-refractivity contribution is 5.96. The van der Waals surface area contributed by atoms with E-state index in [2.05, 4.69) is 15.6 Å². The number of rotatable bonds is 13. The summed E-state index contributed by atoms with van der Waals surface area (Å²) < 4.78 is 0. The van der Waals surface area contributed by atoms with Crippen LogP contribution < -0.4 is 16.4 Å². The molecule has 1 saturated heterocycles. The monoisotopic (exact) mass is 545 g/mol. The lowest BCUT2D eigenvalue weighted by Gasteiger charge is -2.28. The summed E-state index contributed by atoms with van der Waals surface area (Å²) in [6.45, 7) is 0.0731. The summed E-state index contributed by atoms with van der Waals surface area (Å²) in [5, 5.41) is 33.3. The van der Waals surface area contributed by atoms with Crippen molar-refractivity contribution >= 4 is 46.5 Å². The number of nitrogens with one attached hydrogen (secondary N) is 3. The summed E-state index contributed by atoms with van der Waals surface area (Å²) in [6, 6.07) is 2.04. The number of nitrogens with two attached hydrogens (primary N) is 1. The summed E-state index contributed by atoms with van der Waals surface area (Å²) in [7, 11) is 0. The number of benzene rings is 1. The minimum atomic E-state index is -1.63. The third-order valence-electron chi connectivity index (χ3n) is 6.55. The first kappa shape index (κ1) is 29.1. The first-order chi connectivity index (χ1) is 18.5. The number of carbonyl (C=O) groups is 6. The van der Waals surface area contributed by atoms with Crippen molar-refractivity contribution in [3.05, 3.63) is 36.0 Å². The van der Waals surface area contributed by atoms with Gasteiger partial charge in [-0.2, -0.15) is 0 Å². The minimum Gasteiger partial charge on any atom is -0.481 e. The second-order valence-corrected chi connectivity index (χ2v) is 9.35. The maximum Gasteiger partial charge on any atom is 0.326 e. The molecule has 0 spiro atoms. The van der Waals surface area contributed by atoms with E-state index in [-0.39, 0.29) is 25.8 Å². The molecule has 1 aromatic carbocycles. The molecule has 4 unspecified atom stereocenters. The third-order valence-corrected chi connectivity index (χ3v) is 6.55. The van der Waals surface area contributed by atoms with Gasteiger partial charge >= 0.3 is 17.9 Å². The molecular weight excluding hydrogens is 514 g/mol. The van der Waals surface area contributed by atoms with Gasteiger partial charge < -0.3 is 41.6 Å². The second kappa shape index (κ2) is 12.9. The van der Waals surface area contributed by atoms with Gasteiger partial charge in [0.05, 0.1) is 12.5 Å². The Morgan fingerprint density at radius 2 is 1.69 bits per heavy atom. The molecule has 39 heavy (non-hydrogen) atoms. The van der Waals surface area contributed by atoms with Crippen LogP contribution in [0.15, 0.2) is 30.5 Å². The van der Waals surface area contributed by atoms with E-state index in [9.17, 15) is 39.0 Å². The van der Waals surface area contributed by atoms with Crippen LogP contribution in [0.5, 0.6) is 0 Å². The molecule has 0 radical (unpaired) electrons. The fraction of sp³-hybridized carbons (Fsp3) is 0.440. The molecule has 1 fully saturated rings. The van der Waals surface area contributed by atoms with Crippen molar-refractivity contribution in [1.82, 2.24) is 20.5 Å². The number of hydrogen-bond acceptors (Lipinski definition) is 7. The zero-order chi connectivity index (χ0) is 28.7. The topological polar surface area (TPSA) is 232 Å². The van der Waals surface area contributed by atoms with Crippen LogP contribution in [0.2, 0.25) is 0 Å². The van der Waals surface area contributed by atoms with Crippen LogP contribution in [0.4, 0.5) is 0 Å². The predicted molar refractivity (Wildman–Crippen MR) is 135 cm³/mol. The standard InChI is InChI=1S/C25H31N5O9/c26-15(10-13-12-27-16-5-2-1-4-14(13)16)22(35)28-17(7-8-20(31)32)23(36)29-18(11-21(33)34)24(37)30-9-3-6-19(30)25(38)39/h1-2,4-5,12,15,17-19,27H,3,6-11,26H2,(H,28,35)(H,29,36)(H,31,32)(H,33,34)(H,38,39). The van der Waals surface area contributed by atoms with E-state index in [1.165, 1.54) is 0 Å². The average Bonchev–Trinajstić information content (AvgIpc) is 3.53. The Bertz CT molecular complexity index is 1260. The molecule has 14 heteroatoms. The van der Waals surface area contributed by atoms with Crippen LogP contribution >= 0.6 is 0 Å². The van der Waals surface area contributed by atoms with Gasteiger partial charge in [0.2, 0.25) is 17.7 Å². The molecule has 1 aromatic heterocycles. The lowest BCUT2D eigenvalue weighted by molar-refractivity contribution is -0.150. The number of aliphatic carboxylic acids is 3. The van der Waals surface area contributed by atoms with Crippen molar-refractivity contribution in [2.75, 3.05) is 6.54 Å². The number of nitrogens with zero attached hydrogens (tertiary/aromatic N) is 1. The van der Waals surface area contributed by atoms with Crippen LogP contribution in [-0.2, 0) is 35.2 Å². The molecule has 1 aliphatic rings. The van der Waals surface area contributed by atoms with E-state index in [1.54, 1.807) is 6.20 Å². The van der Waals surface area contributed by atoms with Gasteiger partial charge in [0, 0.05) is 30.1 Å². The zero-order valence-corrected chi connectivity index (χ0v) is 21.0. The van der Waals surface area contributed by atoms with Gasteiger partial charge in [-0.05, 0) is 37.3 Å². The number of para-hydroxylation sites is 1. The van der Waals surface area contributed by atoms with E-state index >= 15 is 0 Å². The lowest BCUT2D eigenvalue weighted by atomic mass is 10.0. The number of aromatic nitrogens is 1. The Morgan fingerprint density at radius 3 is 2.36 bits per heavy atom. The first-order valence-electron chi connectivity index (χ1n) is 12.4. The van der Waals surface area contributed by atoms with E-state index in [0.717, 1.165) is 21.4 Å². The zero-order valence-electron chi connectivity index (χ0n) is 21.0. The van der Waals surface area contributed by atoms with Gasteiger partial charge in [-0.3, -0.25) is 24.0 Å². The Balaban J connectivity index is 1.73. The average molecular weight is 546 g/mol. The number of H-pyrrole nitrogens is 1. The molecule has 14 nitrogen and oxygen atoms in total. The van der Waals surface area contributed by atoms with E-state index < -0.39 is 72.6 Å². The number of likely N-dealkylation sites (tertiary alicyclic amines) is 1. The maximum absolute atomic E-state index is 13.1. The summed E-state index contributed by atoms with van der Waals surface area (Å²) in [4.78, 5) is 77.1. The molecule has 8 N–H and O–H groups in total. The number of hydrogen-bond donors (Lipinski definition) is 7. The van der Waals surface area contributed by atoms with Crippen molar-refractivity contribution in [2.45, 2.75) is 62.7 Å². The van der Waals surface area contributed by atoms with Gasteiger partial charge in [-0.25, -0.2) is 4.79 Å². The first-order valence-corrected chi connectivity index (χ1v) is 12.4. The lowest BCUT2D eigenvalue weighted by Crippen LogP contribution is -2.57. The molecule has 0 aliphatic carbocycles. The van der Waals surface area contributed by atoms with Gasteiger partial charge in [0.25, 0.3) is 0 Å². The number of carboxylic acid groups (broad SMARTS) is 3. The van der Waals surface area contributed by atoms with Gasteiger partial charge in [0.15, 0.2) is 0 Å². The largest absolute Gasteiger partial charge is 0.481 e. The van der Waals surface area contributed by atoms with Crippen LogP contribution in [0.1, 0.15) is 37.7 Å².